The van der Waals surface area contributed by atoms with E-state index in [0.29, 0.717) is 19.6 Å². The fourth-order valence-electron chi connectivity index (χ4n) is 3.00. The SMILES string of the molecule is CNC(=O)[C@@H]1CN(Cc2ccccc2OC(C)C)CCN1C(C)=O. The molecule has 0 aliphatic carbocycles. The number of carbonyl (C=O) groups excluding carboxylic acids is 2. The highest BCUT2D eigenvalue weighted by Gasteiger charge is 2.33. The predicted octanol–water partition coefficient (Wildman–Crippen LogP) is 1.25. The first-order valence-corrected chi connectivity index (χ1v) is 8.38. The molecule has 1 fully saturated rings. The summed E-state index contributed by atoms with van der Waals surface area (Å²) >= 11 is 0. The molecule has 6 heteroatoms. The van der Waals surface area contributed by atoms with Crippen molar-refractivity contribution >= 4 is 11.8 Å². The maximum absolute atomic E-state index is 12.1. The lowest BCUT2D eigenvalue weighted by molar-refractivity contribution is -0.142. The Bertz CT molecular complexity index is 589. The van der Waals surface area contributed by atoms with Crippen LogP contribution >= 0.6 is 0 Å². The van der Waals surface area contributed by atoms with Crippen molar-refractivity contribution in [2.45, 2.75) is 39.5 Å². The van der Waals surface area contributed by atoms with Crippen molar-refractivity contribution < 1.29 is 14.3 Å². The molecule has 1 aromatic carbocycles. The molecule has 132 valence electrons. The van der Waals surface area contributed by atoms with Gasteiger partial charge in [0.05, 0.1) is 6.10 Å². The van der Waals surface area contributed by atoms with E-state index in [1.54, 1.807) is 11.9 Å². The van der Waals surface area contributed by atoms with Crippen molar-refractivity contribution in [1.29, 1.82) is 0 Å². The summed E-state index contributed by atoms with van der Waals surface area (Å²) in [6.07, 6.45) is 0.110. The molecule has 6 nitrogen and oxygen atoms in total. The second-order valence-electron chi connectivity index (χ2n) is 6.35. The van der Waals surface area contributed by atoms with Crippen LogP contribution < -0.4 is 10.1 Å². The largest absolute Gasteiger partial charge is 0.491 e. The number of amides is 2. The van der Waals surface area contributed by atoms with Crippen LogP contribution in [0.2, 0.25) is 0 Å². The van der Waals surface area contributed by atoms with E-state index >= 15 is 0 Å². The zero-order chi connectivity index (χ0) is 17.7. The highest BCUT2D eigenvalue weighted by atomic mass is 16.5. The molecule has 1 aromatic rings. The number of piperazine rings is 1. The normalized spacial score (nSPS) is 18.5. The minimum atomic E-state index is -0.445. The fourth-order valence-corrected chi connectivity index (χ4v) is 3.00. The summed E-state index contributed by atoms with van der Waals surface area (Å²) < 4.78 is 5.87. The van der Waals surface area contributed by atoms with Crippen LogP contribution in [0.15, 0.2) is 24.3 Å². The maximum Gasteiger partial charge on any atom is 0.243 e. The predicted molar refractivity (Wildman–Crippen MR) is 92.7 cm³/mol. The first-order chi connectivity index (χ1) is 11.4. The van der Waals surface area contributed by atoms with Crippen LogP contribution in [-0.2, 0) is 16.1 Å². The minimum absolute atomic E-state index is 0.0632. The number of ether oxygens (including phenoxy) is 1. The molecule has 0 saturated carbocycles. The van der Waals surface area contributed by atoms with Gasteiger partial charge in [-0.25, -0.2) is 0 Å². The summed E-state index contributed by atoms with van der Waals surface area (Å²) in [4.78, 5) is 27.8. The average Bonchev–Trinajstić information content (AvgIpc) is 2.55. The van der Waals surface area contributed by atoms with Crippen LogP contribution in [0, 0.1) is 0 Å². The van der Waals surface area contributed by atoms with Gasteiger partial charge in [-0.2, -0.15) is 0 Å². The standard InChI is InChI=1S/C18H27N3O3/c1-13(2)24-17-8-6-5-7-15(17)11-20-9-10-21(14(3)22)16(12-20)18(23)19-4/h5-8,13,16H,9-12H2,1-4H3,(H,19,23)/t16-/m0/s1. The first-order valence-electron chi connectivity index (χ1n) is 8.38. The van der Waals surface area contributed by atoms with Crippen molar-refractivity contribution in [1.82, 2.24) is 15.1 Å². The third kappa shape index (κ3) is 4.47. The van der Waals surface area contributed by atoms with Crippen molar-refractivity contribution in [3.63, 3.8) is 0 Å². The molecular weight excluding hydrogens is 306 g/mol. The van der Waals surface area contributed by atoms with Gasteiger partial charge in [0.25, 0.3) is 0 Å². The number of hydrogen-bond acceptors (Lipinski definition) is 4. The average molecular weight is 333 g/mol. The summed E-state index contributed by atoms with van der Waals surface area (Å²) in [5, 5.41) is 2.66. The number of nitrogens with zero attached hydrogens (tertiary/aromatic N) is 2. The van der Waals surface area contributed by atoms with Crippen molar-refractivity contribution in [3.8, 4) is 5.75 Å². The highest BCUT2D eigenvalue weighted by Crippen LogP contribution is 2.22. The van der Waals surface area contributed by atoms with Gasteiger partial charge in [0.15, 0.2) is 0 Å². The van der Waals surface area contributed by atoms with Crippen LogP contribution in [0.3, 0.4) is 0 Å². The summed E-state index contributed by atoms with van der Waals surface area (Å²) in [5.41, 5.74) is 1.10. The molecule has 1 saturated heterocycles. The molecule has 1 aliphatic rings. The van der Waals surface area contributed by atoms with Gasteiger partial charge in [0, 0.05) is 45.7 Å². The second kappa shape index (κ2) is 8.15. The Balaban J connectivity index is 2.11. The first kappa shape index (κ1) is 18.3. The van der Waals surface area contributed by atoms with Crippen LogP contribution in [0.5, 0.6) is 5.75 Å². The minimum Gasteiger partial charge on any atom is -0.491 e. The molecule has 1 heterocycles. The Morgan fingerprint density at radius 1 is 1.29 bits per heavy atom. The molecule has 0 radical (unpaired) electrons. The van der Waals surface area contributed by atoms with Gasteiger partial charge >= 0.3 is 0 Å². The number of carbonyl (C=O) groups is 2. The van der Waals surface area contributed by atoms with E-state index in [9.17, 15) is 9.59 Å². The molecule has 1 aliphatic heterocycles. The van der Waals surface area contributed by atoms with Gasteiger partial charge in [-0.15, -0.1) is 0 Å². The smallest absolute Gasteiger partial charge is 0.243 e. The van der Waals surface area contributed by atoms with E-state index in [1.807, 2.05) is 38.1 Å². The van der Waals surface area contributed by atoms with Gasteiger partial charge in [-0.1, -0.05) is 18.2 Å². The van der Waals surface area contributed by atoms with E-state index in [2.05, 4.69) is 10.2 Å². The molecule has 0 aromatic heterocycles. The molecule has 0 bridgehead atoms. The molecular formula is C18H27N3O3. The van der Waals surface area contributed by atoms with Crippen LogP contribution in [0.25, 0.3) is 0 Å². The maximum atomic E-state index is 12.1. The summed E-state index contributed by atoms with van der Waals surface area (Å²) in [6.45, 7) is 8.03. The highest BCUT2D eigenvalue weighted by molar-refractivity contribution is 5.87. The third-order valence-corrected chi connectivity index (χ3v) is 4.15. The van der Waals surface area contributed by atoms with E-state index in [4.69, 9.17) is 4.74 Å². The number of hydrogen-bond donors (Lipinski definition) is 1. The summed E-state index contributed by atoms with van der Waals surface area (Å²) in [7, 11) is 1.60. The molecule has 0 unspecified atom stereocenters. The van der Waals surface area contributed by atoms with Gasteiger partial charge in [0.1, 0.15) is 11.8 Å². The van der Waals surface area contributed by atoms with Gasteiger partial charge in [0.2, 0.25) is 11.8 Å². The number of rotatable bonds is 5. The topological polar surface area (TPSA) is 61.9 Å². The monoisotopic (exact) mass is 333 g/mol. The number of nitrogens with one attached hydrogen (secondary N) is 1. The van der Waals surface area contributed by atoms with E-state index < -0.39 is 6.04 Å². The van der Waals surface area contributed by atoms with E-state index in [0.717, 1.165) is 17.9 Å². The number of para-hydroxylation sites is 1. The zero-order valence-electron chi connectivity index (χ0n) is 14.9. The van der Waals surface area contributed by atoms with Crippen LogP contribution in [0.4, 0.5) is 0 Å². The van der Waals surface area contributed by atoms with Crippen molar-refractivity contribution in [2.24, 2.45) is 0 Å². The Labute approximate surface area is 143 Å². The zero-order valence-corrected chi connectivity index (χ0v) is 14.9. The number of likely N-dealkylation sites (N-methyl/N-ethyl adjacent to an activating group) is 1. The van der Waals surface area contributed by atoms with Gasteiger partial charge < -0.3 is 15.0 Å². The Hall–Kier alpha value is -2.08. The third-order valence-electron chi connectivity index (χ3n) is 4.15. The van der Waals surface area contributed by atoms with Crippen molar-refractivity contribution in [3.05, 3.63) is 29.8 Å². The molecule has 1 atom stereocenters. The Kier molecular flexibility index (Phi) is 6.20. The summed E-state index contributed by atoms with van der Waals surface area (Å²) in [6, 6.07) is 7.52. The number of benzene rings is 1. The second-order valence-corrected chi connectivity index (χ2v) is 6.35. The lowest BCUT2D eigenvalue weighted by Gasteiger charge is -2.40. The Morgan fingerprint density at radius 3 is 2.62 bits per heavy atom. The van der Waals surface area contributed by atoms with E-state index in [-0.39, 0.29) is 17.9 Å². The van der Waals surface area contributed by atoms with Crippen LogP contribution in [-0.4, -0.2) is 60.4 Å². The summed E-state index contributed by atoms with van der Waals surface area (Å²) in [5.74, 6) is 0.686. The Morgan fingerprint density at radius 2 is 2.00 bits per heavy atom. The molecule has 2 rings (SSSR count). The van der Waals surface area contributed by atoms with Gasteiger partial charge in [-0.3, -0.25) is 14.5 Å². The molecule has 1 N–H and O–H groups in total. The van der Waals surface area contributed by atoms with E-state index in [1.165, 1.54) is 6.92 Å². The van der Waals surface area contributed by atoms with Gasteiger partial charge in [-0.05, 0) is 19.9 Å². The molecule has 2 amide bonds. The van der Waals surface area contributed by atoms with Crippen molar-refractivity contribution in [2.75, 3.05) is 26.7 Å². The molecule has 0 spiro atoms. The molecule has 24 heavy (non-hydrogen) atoms. The quantitative estimate of drug-likeness (QED) is 0.881. The van der Waals surface area contributed by atoms with Crippen LogP contribution in [0.1, 0.15) is 26.3 Å². The fraction of sp³-hybridized carbons (Fsp3) is 0.556. The lowest BCUT2D eigenvalue weighted by atomic mass is 10.1. The lowest BCUT2D eigenvalue weighted by Crippen LogP contribution is -2.59.